The van der Waals surface area contributed by atoms with Crippen LogP contribution in [0.15, 0.2) is 54.6 Å². The fourth-order valence-electron chi connectivity index (χ4n) is 2.48. The molecule has 0 N–H and O–H groups in total. The van der Waals surface area contributed by atoms with Gasteiger partial charge in [0.25, 0.3) is 0 Å². The van der Waals surface area contributed by atoms with Gasteiger partial charge in [0.05, 0.1) is 0 Å². The monoisotopic (exact) mass is 298 g/mol. The molecule has 0 bridgehead atoms. The smallest absolute Gasteiger partial charge is 0.193 e. The summed E-state index contributed by atoms with van der Waals surface area (Å²) in [5.74, 6) is -0.485. The molecule has 3 heteroatoms. The summed E-state index contributed by atoms with van der Waals surface area (Å²) in [5, 5.41) is 1.58. The molecule has 104 valence electrons. The number of carbonyl (C=O) groups excluding carboxylic acids is 1. The van der Waals surface area contributed by atoms with Crippen LogP contribution < -0.4 is 0 Å². The Kier molecular flexibility index (Phi) is 3.48. The minimum atomic E-state index is -0.329. The molecule has 0 aromatic heterocycles. The average Bonchev–Trinajstić information content (AvgIpc) is 2.46. The first-order valence-electron chi connectivity index (χ1n) is 6.55. The lowest BCUT2D eigenvalue weighted by atomic mass is 9.96. The van der Waals surface area contributed by atoms with E-state index in [1.165, 1.54) is 12.1 Å². The number of benzene rings is 3. The number of hydrogen-bond acceptors (Lipinski definition) is 1. The van der Waals surface area contributed by atoms with Crippen molar-refractivity contribution in [2.75, 3.05) is 0 Å². The number of fused-ring (bicyclic) bond motifs is 1. The van der Waals surface area contributed by atoms with Gasteiger partial charge >= 0.3 is 0 Å². The van der Waals surface area contributed by atoms with Gasteiger partial charge in [-0.05, 0) is 48.2 Å². The number of carbonyl (C=O) groups is 1. The van der Waals surface area contributed by atoms with E-state index in [9.17, 15) is 9.18 Å². The number of ketones is 1. The van der Waals surface area contributed by atoms with Crippen LogP contribution >= 0.6 is 11.6 Å². The van der Waals surface area contributed by atoms with E-state index in [-0.39, 0.29) is 11.6 Å². The first kappa shape index (κ1) is 13.8. The molecule has 0 aliphatic rings. The van der Waals surface area contributed by atoms with Gasteiger partial charge < -0.3 is 0 Å². The molecule has 3 aromatic rings. The normalized spacial score (nSPS) is 10.8. The molecule has 0 aliphatic carbocycles. The first-order chi connectivity index (χ1) is 10.1. The van der Waals surface area contributed by atoms with Crippen molar-refractivity contribution in [3.05, 3.63) is 82.1 Å². The van der Waals surface area contributed by atoms with Crippen molar-refractivity contribution in [2.24, 2.45) is 0 Å². The maximum Gasteiger partial charge on any atom is 0.193 e. The predicted molar refractivity (Wildman–Crippen MR) is 83.5 cm³/mol. The Labute approximate surface area is 127 Å². The highest BCUT2D eigenvalue weighted by molar-refractivity contribution is 6.31. The summed E-state index contributed by atoms with van der Waals surface area (Å²) in [6.07, 6.45) is 0. The van der Waals surface area contributed by atoms with Crippen molar-refractivity contribution in [1.29, 1.82) is 0 Å². The Morgan fingerprint density at radius 1 is 1.00 bits per heavy atom. The third kappa shape index (κ3) is 2.55. The van der Waals surface area contributed by atoms with Gasteiger partial charge in [0.2, 0.25) is 0 Å². The molecule has 3 rings (SSSR count). The molecular weight excluding hydrogens is 287 g/mol. The van der Waals surface area contributed by atoms with Crippen molar-refractivity contribution in [1.82, 2.24) is 0 Å². The number of aryl methyl sites for hydroxylation is 1. The number of hydrogen-bond donors (Lipinski definition) is 0. The highest BCUT2D eigenvalue weighted by atomic mass is 35.5. The Bertz CT molecular complexity index is 835. The van der Waals surface area contributed by atoms with Crippen molar-refractivity contribution in [2.45, 2.75) is 6.92 Å². The molecule has 0 saturated carbocycles. The SMILES string of the molecule is Cc1cc(Cl)cc(C(=O)c2ccc(F)c3ccccc23)c1. The summed E-state index contributed by atoms with van der Waals surface area (Å²) in [6, 6.07) is 15.0. The molecule has 0 radical (unpaired) electrons. The summed E-state index contributed by atoms with van der Waals surface area (Å²) >= 11 is 6.01. The lowest BCUT2D eigenvalue weighted by Crippen LogP contribution is -2.03. The van der Waals surface area contributed by atoms with E-state index in [1.54, 1.807) is 42.5 Å². The molecule has 21 heavy (non-hydrogen) atoms. The van der Waals surface area contributed by atoms with Crippen LogP contribution in [0.4, 0.5) is 4.39 Å². The molecular formula is C18H12ClFO. The molecule has 3 aromatic carbocycles. The number of rotatable bonds is 2. The van der Waals surface area contributed by atoms with Crippen molar-refractivity contribution >= 4 is 28.2 Å². The van der Waals surface area contributed by atoms with E-state index in [2.05, 4.69) is 0 Å². The van der Waals surface area contributed by atoms with Crippen LogP contribution in [0.1, 0.15) is 21.5 Å². The summed E-state index contributed by atoms with van der Waals surface area (Å²) in [7, 11) is 0. The van der Waals surface area contributed by atoms with Gasteiger partial charge in [0, 0.05) is 21.5 Å². The number of halogens is 2. The van der Waals surface area contributed by atoms with Gasteiger partial charge in [0.15, 0.2) is 5.78 Å². The largest absolute Gasteiger partial charge is 0.289 e. The zero-order chi connectivity index (χ0) is 15.0. The maximum absolute atomic E-state index is 13.8. The third-order valence-corrected chi connectivity index (χ3v) is 3.64. The predicted octanol–water partition coefficient (Wildman–Crippen LogP) is 5.17. The van der Waals surface area contributed by atoms with E-state index in [1.807, 2.05) is 6.92 Å². The van der Waals surface area contributed by atoms with E-state index in [0.717, 1.165) is 5.56 Å². The lowest BCUT2D eigenvalue weighted by Gasteiger charge is -2.08. The van der Waals surface area contributed by atoms with Crippen molar-refractivity contribution in [3.63, 3.8) is 0 Å². The minimum Gasteiger partial charge on any atom is -0.289 e. The van der Waals surface area contributed by atoms with Crippen LogP contribution in [0.25, 0.3) is 10.8 Å². The maximum atomic E-state index is 13.8. The summed E-state index contributed by atoms with van der Waals surface area (Å²) in [6.45, 7) is 1.88. The van der Waals surface area contributed by atoms with Crippen LogP contribution in [0.5, 0.6) is 0 Å². The van der Waals surface area contributed by atoms with Crippen LogP contribution in [0.2, 0.25) is 5.02 Å². The van der Waals surface area contributed by atoms with Crippen LogP contribution in [-0.4, -0.2) is 5.78 Å². The molecule has 0 spiro atoms. The average molecular weight is 299 g/mol. The summed E-state index contributed by atoms with van der Waals surface area (Å²) in [4.78, 5) is 12.7. The van der Waals surface area contributed by atoms with Gasteiger partial charge in [0.1, 0.15) is 5.82 Å². The molecule has 0 aliphatic heterocycles. The molecule has 0 heterocycles. The van der Waals surface area contributed by atoms with E-state index < -0.39 is 0 Å². The molecule has 0 fully saturated rings. The van der Waals surface area contributed by atoms with Crippen molar-refractivity contribution in [3.8, 4) is 0 Å². The third-order valence-electron chi connectivity index (χ3n) is 3.42. The van der Waals surface area contributed by atoms with Gasteiger partial charge in [-0.15, -0.1) is 0 Å². The molecule has 0 atom stereocenters. The van der Waals surface area contributed by atoms with Gasteiger partial charge in [-0.1, -0.05) is 35.9 Å². The summed E-state index contributed by atoms with van der Waals surface area (Å²) in [5.41, 5.74) is 1.91. The first-order valence-corrected chi connectivity index (χ1v) is 6.93. The van der Waals surface area contributed by atoms with Crippen LogP contribution in [0.3, 0.4) is 0 Å². The Balaban J connectivity index is 2.20. The van der Waals surface area contributed by atoms with E-state index in [4.69, 9.17) is 11.6 Å². The van der Waals surface area contributed by atoms with E-state index in [0.29, 0.717) is 26.9 Å². The highest BCUT2D eigenvalue weighted by Crippen LogP contribution is 2.25. The zero-order valence-electron chi connectivity index (χ0n) is 11.4. The highest BCUT2D eigenvalue weighted by Gasteiger charge is 2.15. The topological polar surface area (TPSA) is 17.1 Å². The molecule has 0 unspecified atom stereocenters. The Morgan fingerprint density at radius 3 is 2.43 bits per heavy atom. The molecule has 0 amide bonds. The second-order valence-corrected chi connectivity index (χ2v) is 5.42. The van der Waals surface area contributed by atoms with Crippen LogP contribution in [0, 0.1) is 12.7 Å². The van der Waals surface area contributed by atoms with Crippen LogP contribution in [-0.2, 0) is 0 Å². The fraction of sp³-hybridized carbons (Fsp3) is 0.0556. The second kappa shape index (κ2) is 5.30. The molecule has 1 nitrogen and oxygen atoms in total. The van der Waals surface area contributed by atoms with Gasteiger partial charge in [-0.25, -0.2) is 4.39 Å². The Morgan fingerprint density at radius 2 is 1.71 bits per heavy atom. The van der Waals surface area contributed by atoms with Crippen molar-refractivity contribution < 1.29 is 9.18 Å². The fourth-order valence-corrected chi connectivity index (χ4v) is 2.77. The van der Waals surface area contributed by atoms with Gasteiger partial charge in [-0.2, -0.15) is 0 Å². The zero-order valence-corrected chi connectivity index (χ0v) is 12.1. The standard InChI is InChI=1S/C18H12ClFO/c1-11-8-12(10-13(19)9-11)18(21)16-6-7-17(20)15-5-3-2-4-14(15)16/h2-10H,1H3. The lowest BCUT2D eigenvalue weighted by molar-refractivity contribution is 0.104. The Hall–Kier alpha value is -2.19. The quantitative estimate of drug-likeness (QED) is 0.596. The molecule has 0 saturated heterocycles. The summed E-state index contributed by atoms with van der Waals surface area (Å²) < 4.78 is 13.8. The second-order valence-electron chi connectivity index (χ2n) is 4.99. The van der Waals surface area contributed by atoms with E-state index >= 15 is 0 Å². The van der Waals surface area contributed by atoms with Gasteiger partial charge in [-0.3, -0.25) is 4.79 Å². The minimum absolute atomic E-state index is 0.156.